The Morgan fingerprint density at radius 1 is 1.23 bits per heavy atom. The Morgan fingerprint density at radius 3 is 2.73 bits per heavy atom. The van der Waals surface area contributed by atoms with Gasteiger partial charge in [-0.1, -0.05) is 48.0 Å². The minimum Gasteiger partial charge on any atom is -0.349 e. The molecule has 2 nitrogen and oxygen atoms in total. The molecular weight excluding hydrogens is 314 g/mol. The van der Waals surface area contributed by atoms with Crippen LogP contribution in [0.4, 0.5) is 0 Å². The van der Waals surface area contributed by atoms with Crippen LogP contribution in [-0.4, -0.2) is 11.7 Å². The van der Waals surface area contributed by atoms with Gasteiger partial charge in [0.1, 0.15) is 0 Å². The van der Waals surface area contributed by atoms with E-state index in [1.54, 1.807) is 11.8 Å². The summed E-state index contributed by atoms with van der Waals surface area (Å²) in [6.45, 7) is 4.08. The predicted octanol–water partition coefficient (Wildman–Crippen LogP) is 4.76. The van der Waals surface area contributed by atoms with E-state index in [0.29, 0.717) is 5.75 Å². The second-order valence-electron chi connectivity index (χ2n) is 5.27. The molecule has 0 heterocycles. The highest BCUT2D eigenvalue weighted by Gasteiger charge is 2.11. The van der Waals surface area contributed by atoms with Crippen LogP contribution in [0.5, 0.6) is 0 Å². The molecule has 0 radical (unpaired) electrons. The molecular formula is C18H20ClNOS. The van der Waals surface area contributed by atoms with Gasteiger partial charge in [-0.15, -0.1) is 11.8 Å². The molecule has 0 aliphatic heterocycles. The highest BCUT2D eigenvalue weighted by atomic mass is 35.5. The molecule has 0 saturated heterocycles. The van der Waals surface area contributed by atoms with Crippen LogP contribution in [0.1, 0.15) is 29.7 Å². The van der Waals surface area contributed by atoms with Gasteiger partial charge in [0.2, 0.25) is 5.91 Å². The second-order valence-corrected chi connectivity index (χ2v) is 6.69. The molecule has 2 aromatic rings. The first-order valence-electron chi connectivity index (χ1n) is 7.23. The Labute approximate surface area is 141 Å². The number of carbonyl (C=O) groups excluding carboxylic acids is 1. The molecule has 2 rings (SSSR count). The number of rotatable bonds is 6. The molecule has 0 fully saturated rings. The summed E-state index contributed by atoms with van der Waals surface area (Å²) < 4.78 is 0. The van der Waals surface area contributed by atoms with E-state index in [2.05, 4.69) is 24.4 Å². The van der Waals surface area contributed by atoms with E-state index in [0.717, 1.165) is 21.9 Å². The van der Waals surface area contributed by atoms with Crippen molar-refractivity contribution in [3.05, 3.63) is 70.2 Å². The van der Waals surface area contributed by atoms with Gasteiger partial charge in [-0.2, -0.15) is 0 Å². The van der Waals surface area contributed by atoms with Gasteiger partial charge in [-0.3, -0.25) is 4.79 Å². The van der Waals surface area contributed by atoms with Crippen LogP contribution in [0.15, 0.2) is 48.5 Å². The Kier molecular flexibility index (Phi) is 6.34. The summed E-state index contributed by atoms with van der Waals surface area (Å²) in [7, 11) is 0. The standard InChI is InChI=1S/C18H20ClNOS/c1-13-6-3-4-9-17(13)14(2)20-18(21)12-22-11-15-7-5-8-16(19)10-15/h3-10,14H,11-12H2,1-2H3,(H,20,21). The Hall–Kier alpha value is -1.45. The number of hydrogen-bond acceptors (Lipinski definition) is 2. The van der Waals surface area contributed by atoms with Crippen molar-refractivity contribution in [3.63, 3.8) is 0 Å². The zero-order chi connectivity index (χ0) is 15.9. The van der Waals surface area contributed by atoms with E-state index in [1.807, 2.05) is 43.3 Å². The maximum Gasteiger partial charge on any atom is 0.230 e. The number of benzene rings is 2. The van der Waals surface area contributed by atoms with Gasteiger partial charge in [-0.25, -0.2) is 0 Å². The lowest BCUT2D eigenvalue weighted by Crippen LogP contribution is -2.28. The number of halogens is 1. The molecule has 0 saturated carbocycles. The average molecular weight is 334 g/mol. The van der Waals surface area contributed by atoms with E-state index in [9.17, 15) is 4.79 Å². The van der Waals surface area contributed by atoms with Crippen LogP contribution in [0.2, 0.25) is 5.02 Å². The Morgan fingerprint density at radius 2 is 2.00 bits per heavy atom. The molecule has 0 spiro atoms. The van der Waals surface area contributed by atoms with Crippen LogP contribution >= 0.6 is 23.4 Å². The summed E-state index contributed by atoms with van der Waals surface area (Å²) >= 11 is 7.54. The highest BCUT2D eigenvalue weighted by molar-refractivity contribution is 7.99. The van der Waals surface area contributed by atoms with E-state index >= 15 is 0 Å². The molecule has 22 heavy (non-hydrogen) atoms. The van der Waals surface area contributed by atoms with Crippen LogP contribution in [0.25, 0.3) is 0 Å². The summed E-state index contributed by atoms with van der Waals surface area (Å²) in [5, 5.41) is 3.78. The monoisotopic (exact) mass is 333 g/mol. The smallest absolute Gasteiger partial charge is 0.230 e. The first kappa shape index (κ1) is 16.9. The molecule has 1 amide bonds. The van der Waals surface area contributed by atoms with E-state index < -0.39 is 0 Å². The third kappa shape index (κ3) is 5.08. The third-order valence-electron chi connectivity index (χ3n) is 3.42. The Bertz CT molecular complexity index is 644. The van der Waals surface area contributed by atoms with Gasteiger partial charge < -0.3 is 5.32 Å². The minimum absolute atomic E-state index is 0.0282. The minimum atomic E-state index is 0.0282. The fourth-order valence-corrected chi connectivity index (χ4v) is 3.32. The number of nitrogens with one attached hydrogen (secondary N) is 1. The van der Waals surface area contributed by atoms with E-state index in [-0.39, 0.29) is 11.9 Å². The summed E-state index contributed by atoms with van der Waals surface area (Å²) in [6, 6.07) is 15.9. The van der Waals surface area contributed by atoms with Gasteiger partial charge in [0.15, 0.2) is 0 Å². The lowest BCUT2D eigenvalue weighted by molar-refractivity contribution is -0.119. The van der Waals surface area contributed by atoms with Crippen molar-refractivity contribution in [1.29, 1.82) is 0 Å². The van der Waals surface area contributed by atoms with Crippen molar-refractivity contribution in [1.82, 2.24) is 5.32 Å². The lowest BCUT2D eigenvalue weighted by Gasteiger charge is -2.16. The third-order valence-corrected chi connectivity index (χ3v) is 4.66. The van der Waals surface area contributed by atoms with Gasteiger partial charge in [0.05, 0.1) is 11.8 Å². The van der Waals surface area contributed by atoms with Crippen molar-refractivity contribution in [3.8, 4) is 0 Å². The molecule has 116 valence electrons. The first-order chi connectivity index (χ1) is 10.6. The molecule has 0 aliphatic rings. The maximum absolute atomic E-state index is 12.0. The predicted molar refractivity (Wildman–Crippen MR) is 95.4 cm³/mol. The number of hydrogen-bond donors (Lipinski definition) is 1. The van der Waals surface area contributed by atoms with Crippen molar-refractivity contribution in [2.45, 2.75) is 25.6 Å². The van der Waals surface area contributed by atoms with Gasteiger partial charge in [-0.05, 0) is 42.7 Å². The number of carbonyl (C=O) groups is 1. The zero-order valence-corrected chi connectivity index (χ0v) is 14.4. The zero-order valence-electron chi connectivity index (χ0n) is 12.8. The van der Waals surface area contributed by atoms with Crippen LogP contribution in [-0.2, 0) is 10.5 Å². The van der Waals surface area contributed by atoms with Crippen molar-refractivity contribution < 1.29 is 4.79 Å². The largest absolute Gasteiger partial charge is 0.349 e. The Balaban J connectivity index is 1.79. The molecule has 1 unspecified atom stereocenters. The van der Waals surface area contributed by atoms with Crippen molar-refractivity contribution >= 4 is 29.3 Å². The fraction of sp³-hybridized carbons (Fsp3) is 0.278. The fourth-order valence-electron chi connectivity index (χ4n) is 2.32. The second kappa shape index (κ2) is 8.25. The van der Waals surface area contributed by atoms with Crippen LogP contribution in [0.3, 0.4) is 0 Å². The van der Waals surface area contributed by atoms with E-state index in [1.165, 1.54) is 5.56 Å². The summed E-state index contributed by atoms with van der Waals surface area (Å²) in [5.41, 5.74) is 3.50. The number of aryl methyl sites for hydroxylation is 1. The molecule has 2 aromatic carbocycles. The van der Waals surface area contributed by atoms with E-state index in [4.69, 9.17) is 11.6 Å². The first-order valence-corrected chi connectivity index (χ1v) is 8.76. The SMILES string of the molecule is Cc1ccccc1C(C)NC(=O)CSCc1cccc(Cl)c1. The molecule has 0 bridgehead atoms. The normalized spacial score (nSPS) is 12.0. The number of amides is 1. The van der Waals surface area contributed by atoms with Crippen molar-refractivity contribution in [2.24, 2.45) is 0 Å². The summed E-state index contributed by atoms with van der Waals surface area (Å²) in [5.74, 6) is 1.29. The molecule has 0 aliphatic carbocycles. The highest BCUT2D eigenvalue weighted by Crippen LogP contribution is 2.18. The summed E-state index contributed by atoms with van der Waals surface area (Å²) in [4.78, 5) is 12.0. The lowest BCUT2D eigenvalue weighted by atomic mass is 10.0. The average Bonchev–Trinajstić information content (AvgIpc) is 2.47. The van der Waals surface area contributed by atoms with Crippen molar-refractivity contribution in [2.75, 3.05) is 5.75 Å². The van der Waals surface area contributed by atoms with Gasteiger partial charge in [0.25, 0.3) is 0 Å². The van der Waals surface area contributed by atoms with Crippen LogP contribution in [0, 0.1) is 6.92 Å². The molecule has 4 heteroatoms. The van der Waals surface area contributed by atoms with Gasteiger partial charge in [0, 0.05) is 10.8 Å². The molecule has 1 atom stereocenters. The van der Waals surface area contributed by atoms with Gasteiger partial charge >= 0.3 is 0 Å². The number of thioether (sulfide) groups is 1. The summed E-state index contributed by atoms with van der Waals surface area (Å²) in [6.07, 6.45) is 0. The molecule has 1 N–H and O–H groups in total. The van der Waals surface area contributed by atoms with Crippen LogP contribution < -0.4 is 5.32 Å². The topological polar surface area (TPSA) is 29.1 Å². The quantitative estimate of drug-likeness (QED) is 0.825. The molecule has 0 aromatic heterocycles. The maximum atomic E-state index is 12.0.